The number of hydrogen-bond acceptors (Lipinski definition) is 3. The summed E-state index contributed by atoms with van der Waals surface area (Å²) >= 11 is 0. The molecule has 0 heterocycles. The first kappa shape index (κ1) is 21.9. The third-order valence-electron chi connectivity index (χ3n) is 4.62. The van der Waals surface area contributed by atoms with Crippen molar-refractivity contribution in [2.75, 3.05) is 24.9 Å². The van der Waals surface area contributed by atoms with Crippen LogP contribution in [0, 0.1) is 13.8 Å². The van der Waals surface area contributed by atoms with Gasteiger partial charge in [0.15, 0.2) is 0 Å². The number of benzene rings is 2. The maximum Gasteiger partial charge on any atom is 0.304 e. The summed E-state index contributed by atoms with van der Waals surface area (Å²) in [6.45, 7) is 5.76. The first-order chi connectivity index (χ1) is 13.2. The lowest BCUT2D eigenvalue weighted by atomic mass is 9.97. The van der Waals surface area contributed by atoms with Crippen LogP contribution in [0.4, 0.5) is 5.69 Å². The van der Waals surface area contributed by atoms with Gasteiger partial charge in [-0.05, 0) is 43.5 Å². The Morgan fingerprint density at radius 1 is 1.07 bits per heavy atom. The summed E-state index contributed by atoms with van der Waals surface area (Å²) in [6, 6.07) is 14.6. The molecule has 0 aliphatic rings. The zero-order valence-corrected chi connectivity index (χ0v) is 18.0. The number of hydrogen-bond donors (Lipinski definition) is 1. The van der Waals surface area contributed by atoms with Crippen LogP contribution >= 0.6 is 0 Å². The predicted molar refractivity (Wildman–Crippen MR) is 113 cm³/mol. The van der Waals surface area contributed by atoms with E-state index in [1.54, 1.807) is 30.3 Å². The minimum atomic E-state index is -3.80. The normalized spacial score (nSPS) is 12.6. The molecule has 0 aliphatic heterocycles. The molecule has 1 atom stereocenters. The summed E-state index contributed by atoms with van der Waals surface area (Å²) < 4.78 is 27.7. The standard InChI is InChI=1S/C21H29N3O3S/c1-6-20(19-13-12-16(2)14-17(19)3)22-21(25)15-24(28(26,27)23(4)5)18-10-8-7-9-11-18/h7-14,20H,6,15H2,1-5H3,(H,22,25)/t20-/m1/s1. The van der Waals surface area contributed by atoms with Crippen molar-refractivity contribution in [2.45, 2.75) is 33.2 Å². The van der Waals surface area contributed by atoms with Crippen LogP contribution in [-0.2, 0) is 15.0 Å². The molecule has 0 radical (unpaired) electrons. The Kier molecular flexibility index (Phi) is 7.21. The largest absolute Gasteiger partial charge is 0.348 e. The smallest absolute Gasteiger partial charge is 0.304 e. The number of anilines is 1. The van der Waals surface area contributed by atoms with Crippen LogP contribution in [0.25, 0.3) is 0 Å². The molecule has 152 valence electrons. The molecule has 2 aromatic carbocycles. The summed E-state index contributed by atoms with van der Waals surface area (Å²) in [6.07, 6.45) is 0.710. The van der Waals surface area contributed by atoms with Gasteiger partial charge in [-0.2, -0.15) is 12.7 Å². The second-order valence-electron chi connectivity index (χ2n) is 7.02. The van der Waals surface area contributed by atoms with Gasteiger partial charge in [0.05, 0.1) is 11.7 Å². The van der Waals surface area contributed by atoms with Crippen LogP contribution in [-0.4, -0.2) is 39.3 Å². The van der Waals surface area contributed by atoms with Crippen molar-refractivity contribution in [3.05, 3.63) is 65.2 Å². The minimum Gasteiger partial charge on any atom is -0.348 e. The van der Waals surface area contributed by atoms with Crippen molar-refractivity contribution in [3.63, 3.8) is 0 Å². The zero-order valence-electron chi connectivity index (χ0n) is 17.1. The van der Waals surface area contributed by atoms with Crippen LogP contribution in [0.1, 0.15) is 36.1 Å². The molecule has 28 heavy (non-hydrogen) atoms. The van der Waals surface area contributed by atoms with Crippen LogP contribution < -0.4 is 9.62 Å². The number of nitrogens with zero attached hydrogens (tertiary/aromatic N) is 2. The molecular formula is C21H29N3O3S. The van der Waals surface area contributed by atoms with E-state index in [1.807, 2.05) is 32.9 Å². The zero-order chi connectivity index (χ0) is 20.9. The van der Waals surface area contributed by atoms with Crippen LogP contribution in [0.5, 0.6) is 0 Å². The van der Waals surface area contributed by atoms with Gasteiger partial charge in [0.1, 0.15) is 6.54 Å². The molecule has 0 saturated heterocycles. The second-order valence-corrected chi connectivity index (χ2v) is 9.09. The molecule has 0 saturated carbocycles. The number of para-hydroxylation sites is 1. The maximum atomic E-state index is 12.8. The van der Waals surface area contributed by atoms with E-state index in [0.717, 1.165) is 25.3 Å². The van der Waals surface area contributed by atoms with Gasteiger partial charge in [-0.1, -0.05) is 48.9 Å². The lowest BCUT2D eigenvalue weighted by Gasteiger charge is -2.28. The third kappa shape index (κ3) is 5.11. The number of rotatable bonds is 8. The average molecular weight is 404 g/mol. The Bertz CT molecular complexity index is 912. The van der Waals surface area contributed by atoms with E-state index in [4.69, 9.17) is 0 Å². The van der Waals surface area contributed by atoms with Crippen molar-refractivity contribution in [1.82, 2.24) is 9.62 Å². The summed E-state index contributed by atoms with van der Waals surface area (Å²) in [5.74, 6) is -0.346. The van der Waals surface area contributed by atoms with Crippen molar-refractivity contribution in [3.8, 4) is 0 Å². The van der Waals surface area contributed by atoms with Gasteiger partial charge in [-0.3, -0.25) is 4.79 Å². The summed E-state index contributed by atoms with van der Waals surface area (Å²) in [5.41, 5.74) is 3.76. The van der Waals surface area contributed by atoms with Gasteiger partial charge in [0.25, 0.3) is 0 Å². The lowest BCUT2D eigenvalue weighted by Crippen LogP contribution is -2.46. The van der Waals surface area contributed by atoms with E-state index in [-0.39, 0.29) is 18.5 Å². The Balaban J connectivity index is 2.25. The molecule has 0 aromatic heterocycles. The SMILES string of the molecule is CC[C@@H](NC(=O)CN(c1ccccc1)S(=O)(=O)N(C)C)c1ccc(C)cc1C. The number of carbonyl (C=O) groups excluding carboxylic acids is 1. The van der Waals surface area contributed by atoms with Crippen LogP contribution in [0.15, 0.2) is 48.5 Å². The molecule has 0 aliphatic carbocycles. The van der Waals surface area contributed by atoms with Crippen molar-refractivity contribution in [2.24, 2.45) is 0 Å². The topological polar surface area (TPSA) is 69.7 Å². The number of amides is 1. The highest BCUT2D eigenvalue weighted by molar-refractivity contribution is 7.90. The van der Waals surface area contributed by atoms with Gasteiger partial charge in [0, 0.05) is 14.1 Å². The van der Waals surface area contributed by atoms with Crippen molar-refractivity contribution < 1.29 is 13.2 Å². The number of carbonyl (C=O) groups is 1. The molecule has 0 fully saturated rings. The van der Waals surface area contributed by atoms with Crippen LogP contribution in [0.3, 0.4) is 0 Å². The molecule has 2 rings (SSSR count). The van der Waals surface area contributed by atoms with Gasteiger partial charge >= 0.3 is 10.2 Å². The highest BCUT2D eigenvalue weighted by Crippen LogP contribution is 2.23. The quantitative estimate of drug-likeness (QED) is 0.736. The summed E-state index contributed by atoms with van der Waals surface area (Å²) in [5, 5.41) is 2.99. The van der Waals surface area contributed by atoms with E-state index in [9.17, 15) is 13.2 Å². The monoisotopic (exact) mass is 403 g/mol. The fourth-order valence-corrected chi connectivity index (χ4v) is 4.15. The Hall–Kier alpha value is -2.38. The minimum absolute atomic E-state index is 0.173. The van der Waals surface area contributed by atoms with Crippen LogP contribution in [0.2, 0.25) is 0 Å². The lowest BCUT2D eigenvalue weighted by molar-refractivity contribution is -0.120. The Labute approximate surface area is 168 Å². The summed E-state index contributed by atoms with van der Waals surface area (Å²) in [4.78, 5) is 12.8. The number of aryl methyl sites for hydroxylation is 2. The van der Waals surface area contributed by atoms with E-state index >= 15 is 0 Å². The maximum absolute atomic E-state index is 12.8. The van der Waals surface area contributed by atoms with Gasteiger partial charge in [-0.15, -0.1) is 0 Å². The Morgan fingerprint density at radius 3 is 2.25 bits per heavy atom. The first-order valence-corrected chi connectivity index (χ1v) is 10.7. The van der Waals surface area contributed by atoms with E-state index in [1.165, 1.54) is 14.1 Å². The number of nitrogens with one attached hydrogen (secondary N) is 1. The third-order valence-corrected chi connectivity index (χ3v) is 6.44. The highest BCUT2D eigenvalue weighted by Gasteiger charge is 2.28. The van der Waals surface area contributed by atoms with E-state index < -0.39 is 10.2 Å². The van der Waals surface area contributed by atoms with Gasteiger partial charge in [0.2, 0.25) is 5.91 Å². The van der Waals surface area contributed by atoms with Crippen molar-refractivity contribution in [1.29, 1.82) is 0 Å². The molecule has 1 amide bonds. The molecule has 0 spiro atoms. The average Bonchev–Trinajstić information content (AvgIpc) is 2.65. The van der Waals surface area contributed by atoms with Gasteiger partial charge in [-0.25, -0.2) is 4.31 Å². The molecule has 6 nitrogen and oxygen atoms in total. The summed E-state index contributed by atoms with van der Waals surface area (Å²) in [7, 11) is -0.898. The predicted octanol–water partition coefficient (Wildman–Crippen LogP) is 3.18. The molecule has 0 bridgehead atoms. The first-order valence-electron chi connectivity index (χ1n) is 9.28. The second kappa shape index (κ2) is 9.21. The molecule has 2 aromatic rings. The molecule has 1 N–H and O–H groups in total. The van der Waals surface area contributed by atoms with E-state index in [2.05, 4.69) is 11.4 Å². The molecule has 7 heteroatoms. The van der Waals surface area contributed by atoms with Crippen molar-refractivity contribution >= 4 is 21.8 Å². The van der Waals surface area contributed by atoms with E-state index in [0.29, 0.717) is 12.1 Å². The molecular weight excluding hydrogens is 374 g/mol. The molecule has 0 unspecified atom stereocenters. The fourth-order valence-electron chi connectivity index (χ4n) is 3.08. The highest BCUT2D eigenvalue weighted by atomic mass is 32.2. The van der Waals surface area contributed by atoms with Gasteiger partial charge < -0.3 is 5.32 Å². The fraction of sp³-hybridized carbons (Fsp3) is 0.381. The Morgan fingerprint density at radius 2 is 1.71 bits per heavy atom.